The predicted molar refractivity (Wildman–Crippen MR) is 96.8 cm³/mol. The van der Waals surface area contributed by atoms with Gasteiger partial charge in [-0.25, -0.2) is 0 Å². The first-order chi connectivity index (χ1) is 11.6. The van der Waals surface area contributed by atoms with Gasteiger partial charge in [-0.3, -0.25) is 4.79 Å². The molecule has 24 heavy (non-hydrogen) atoms. The van der Waals surface area contributed by atoms with Crippen molar-refractivity contribution in [3.05, 3.63) is 59.7 Å². The molecule has 0 radical (unpaired) electrons. The Morgan fingerprint density at radius 3 is 2.25 bits per heavy atom. The zero-order chi connectivity index (χ0) is 17.4. The van der Waals surface area contributed by atoms with E-state index in [1.54, 1.807) is 6.92 Å². The normalized spacial score (nSPS) is 11.8. The Kier molecular flexibility index (Phi) is 6.86. The molecule has 3 heteroatoms. The molecule has 0 saturated carbocycles. The summed E-state index contributed by atoms with van der Waals surface area (Å²) in [4.78, 5) is 12.1. The van der Waals surface area contributed by atoms with Crippen molar-refractivity contribution in [1.29, 1.82) is 0 Å². The highest BCUT2D eigenvalue weighted by Crippen LogP contribution is 2.16. The number of hydrogen-bond donors (Lipinski definition) is 0. The molecular weight excluding hydrogens is 300 g/mol. The molecule has 128 valence electrons. The lowest BCUT2D eigenvalue weighted by Crippen LogP contribution is -2.28. The van der Waals surface area contributed by atoms with E-state index < -0.39 is 6.10 Å². The van der Waals surface area contributed by atoms with E-state index >= 15 is 0 Å². The first-order valence-corrected chi connectivity index (χ1v) is 8.56. The molecule has 0 aliphatic heterocycles. The average molecular weight is 326 g/mol. The van der Waals surface area contributed by atoms with Crippen LogP contribution in [0.4, 0.5) is 0 Å². The quantitative estimate of drug-likeness (QED) is 0.667. The summed E-state index contributed by atoms with van der Waals surface area (Å²) in [6, 6.07) is 15.6. The fraction of sp³-hybridized carbons (Fsp3) is 0.381. The molecule has 0 aliphatic carbocycles. The predicted octanol–water partition coefficient (Wildman–Crippen LogP) is 4.75. The summed E-state index contributed by atoms with van der Waals surface area (Å²) in [6.07, 6.45) is 2.92. The van der Waals surface area contributed by atoms with Crippen molar-refractivity contribution in [2.75, 3.05) is 6.61 Å². The highest BCUT2D eigenvalue weighted by Gasteiger charge is 2.15. The summed E-state index contributed by atoms with van der Waals surface area (Å²) in [5.41, 5.74) is 2.46. The molecule has 0 amide bonds. The summed E-state index contributed by atoms with van der Waals surface area (Å²) < 4.78 is 11.2. The molecule has 0 spiro atoms. The Morgan fingerprint density at radius 2 is 1.62 bits per heavy atom. The molecule has 2 aromatic carbocycles. The van der Waals surface area contributed by atoms with Crippen LogP contribution in [-0.2, 0) is 11.2 Å². The third-order valence-corrected chi connectivity index (χ3v) is 3.91. The Hall–Kier alpha value is -2.29. The van der Waals surface area contributed by atoms with Crippen LogP contribution in [0.2, 0.25) is 0 Å². The molecule has 0 saturated heterocycles. The minimum absolute atomic E-state index is 0.0127. The van der Waals surface area contributed by atoms with Crippen molar-refractivity contribution in [2.24, 2.45) is 0 Å². The Labute approximate surface area is 144 Å². The number of unbranched alkanes of at least 4 members (excludes halogenated alkanes) is 1. The Morgan fingerprint density at radius 1 is 1.00 bits per heavy atom. The maximum Gasteiger partial charge on any atom is 0.210 e. The van der Waals surface area contributed by atoms with Crippen LogP contribution in [0.5, 0.6) is 11.5 Å². The van der Waals surface area contributed by atoms with Crippen molar-refractivity contribution < 1.29 is 14.3 Å². The number of benzene rings is 2. The van der Waals surface area contributed by atoms with Crippen molar-refractivity contribution in [1.82, 2.24) is 0 Å². The largest absolute Gasteiger partial charge is 0.486 e. The topological polar surface area (TPSA) is 35.5 Å². The van der Waals surface area contributed by atoms with Gasteiger partial charge in [0.25, 0.3) is 0 Å². The smallest absolute Gasteiger partial charge is 0.210 e. The van der Waals surface area contributed by atoms with Crippen LogP contribution in [0.25, 0.3) is 0 Å². The molecule has 0 heterocycles. The van der Waals surface area contributed by atoms with Gasteiger partial charge in [0, 0.05) is 0 Å². The Balaban J connectivity index is 1.81. The van der Waals surface area contributed by atoms with E-state index in [4.69, 9.17) is 9.47 Å². The van der Waals surface area contributed by atoms with Crippen LogP contribution in [0.1, 0.15) is 37.8 Å². The van der Waals surface area contributed by atoms with E-state index in [9.17, 15) is 4.79 Å². The van der Waals surface area contributed by atoms with Crippen LogP contribution in [-0.4, -0.2) is 18.5 Å². The number of Topliss-reactive ketones (excluding diaryl/α,β-unsaturated/α-hetero) is 1. The highest BCUT2D eigenvalue weighted by molar-refractivity contribution is 5.84. The van der Waals surface area contributed by atoms with Crippen molar-refractivity contribution in [3.63, 3.8) is 0 Å². The average Bonchev–Trinajstić information content (AvgIpc) is 2.60. The van der Waals surface area contributed by atoms with Crippen molar-refractivity contribution >= 4 is 5.78 Å². The molecule has 2 aromatic rings. The maximum atomic E-state index is 12.1. The number of hydrogen-bond acceptors (Lipinski definition) is 3. The van der Waals surface area contributed by atoms with E-state index in [0.717, 1.165) is 12.0 Å². The lowest BCUT2D eigenvalue weighted by molar-refractivity contribution is -0.127. The van der Waals surface area contributed by atoms with Gasteiger partial charge in [-0.1, -0.05) is 43.2 Å². The SMILES string of the molecule is CCCCc1ccc(OC(C)C(=O)COc2ccc(C)cc2)cc1. The van der Waals surface area contributed by atoms with Gasteiger partial charge in [0.05, 0.1) is 0 Å². The molecule has 0 N–H and O–H groups in total. The van der Waals surface area contributed by atoms with Gasteiger partial charge in [0.1, 0.15) is 11.5 Å². The van der Waals surface area contributed by atoms with Crippen molar-refractivity contribution in [3.8, 4) is 11.5 Å². The monoisotopic (exact) mass is 326 g/mol. The van der Waals surface area contributed by atoms with E-state index in [1.807, 2.05) is 43.3 Å². The summed E-state index contributed by atoms with van der Waals surface area (Å²) in [6.45, 7) is 5.96. The Bertz CT molecular complexity index is 629. The lowest BCUT2D eigenvalue weighted by Gasteiger charge is -2.14. The first-order valence-electron chi connectivity index (χ1n) is 8.56. The standard InChI is InChI=1S/C21H26O3/c1-4-5-6-18-9-13-20(14-10-18)24-17(3)21(22)15-23-19-11-7-16(2)8-12-19/h7-14,17H,4-6,15H2,1-3H3. The molecule has 1 atom stereocenters. The van der Waals surface area contributed by atoms with Crippen LogP contribution in [0.3, 0.4) is 0 Å². The van der Waals surface area contributed by atoms with Gasteiger partial charge in [-0.2, -0.15) is 0 Å². The number of ketones is 1. The second kappa shape index (κ2) is 9.11. The molecule has 1 unspecified atom stereocenters. The number of carbonyl (C=O) groups is 1. The van der Waals surface area contributed by atoms with Crippen LogP contribution in [0.15, 0.2) is 48.5 Å². The fourth-order valence-electron chi connectivity index (χ4n) is 2.29. The van der Waals surface area contributed by atoms with E-state index in [-0.39, 0.29) is 12.4 Å². The van der Waals surface area contributed by atoms with Gasteiger partial charge < -0.3 is 9.47 Å². The second-order valence-corrected chi connectivity index (χ2v) is 6.08. The van der Waals surface area contributed by atoms with Crippen LogP contribution in [0, 0.1) is 6.92 Å². The summed E-state index contributed by atoms with van der Waals surface area (Å²) in [5.74, 6) is 1.33. The van der Waals surface area contributed by atoms with Gasteiger partial charge in [-0.15, -0.1) is 0 Å². The molecule has 0 aliphatic rings. The maximum absolute atomic E-state index is 12.1. The van der Waals surface area contributed by atoms with E-state index in [0.29, 0.717) is 11.5 Å². The number of aryl methyl sites for hydroxylation is 2. The minimum atomic E-state index is -0.531. The molecule has 0 fully saturated rings. The lowest BCUT2D eigenvalue weighted by atomic mass is 10.1. The molecule has 2 rings (SSSR count). The summed E-state index contributed by atoms with van der Waals surface area (Å²) in [5, 5.41) is 0. The van der Waals surface area contributed by atoms with Gasteiger partial charge in [-0.05, 0) is 56.5 Å². The fourth-order valence-corrected chi connectivity index (χ4v) is 2.29. The van der Waals surface area contributed by atoms with E-state index in [2.05, 4.69) is 19.1 Å². The van der Waals surface area contributed by atoms with Gasteiger partial charge in [0.15, 0.2) is 12.7 Å². The third-order valence-electron chi connectivity index (χ3n) is 3.91. The zero-order valence-corrected chi connectivity index (χ0v) is 14.7. The molecule has 0 bridgehead atoms. The molecular formula is C21H26O3. The van der Waals surface area contributed by atoms with Crippen LogP contribution >= 0.6 is 0 Å². The number of carbonyl (C=O) groups excluding carboxylic acids is 1. The first kappa shape index (κ1) is 18.1. The van der Waals surface area contributed by atoms with Gasteiger partial charge in [0.2, 0.25) is 5.78 Å². The zero-order valence-electron chi connectivity index (χ0n) is 14.7. The summed E-state index contributed by atoms with van der Waals surface area (Å²) in [7, 11) is 0. The molecule has 0 aromatic heterocycles. The van der Waals surface area contributed by atoms with Crippen molar-refractivity contribution in [2.45, 2.75) is 46.1 Å². The third kappa shape index (κ3) is 5.73. The highest BCUT2D eigenvalue weighted by atomic mass is 16.5. The molecule has 3 nitrogen and oxygen atoms in total. The number of rotatable bonds is 9. The summed E-state index contributed by atoms with van der Waals surface area (Å²) >= 11 is 0. The van der Waals surface area contributed by atoms with Crippen LogP contribution < -0.4 is 9.47 Å². The van der Waals surface area contributed by atoms with E-state index in [1.165, 1.54) is 18.4 Å². The minimum Gasteiger partial charge on any atom is -0.486 e. The van der Waals surface area contributed by atoms with Gasteiger partial charge >= 0.3 is 0 Å². The second-order valence-electron chi connectivity index (χ2n) is 6.08. The number of ether oxygens (including phenoxy) is 2.